The highest BCUT2D eigenvalue weighted by Gasteiger charge is 2.12. The first-order valence-electron chi connectivity index (χ1n) is 7.11. The molecule has 0 aliphatic heterocycles. The number of carbonyl (C=O) groups is 1. The molecule has 1 atom stereocenters. The third-order valence-corrected chi connectivity index (χ3v) is 3.86. The van der Waals surface area contributed by atoms with Gasteiger partial charge in [0.1, 0.15) is 10.8 Å². The molecule has 0 saturated carbocycles. The molecule has 2 aromatic heterocycles. The van der Waals surface area contributed by atoms with Gasteiger partial charge in [-0.2, -0.15) is 0 Å². The molecule has 3 aromatic rings. The Hall–Kier alpha value is -2.33. The lowest BCUT2D eigenvalue weighted by molar-refractivity contribution is 0.0947. The zero-order valence-electron chi connectivity index (χ0n) is 12.1. The Balaban J connectivity index is 1.68. The maximum Gasteiger partial charge on any atom is 0.267 e. The molecule has 0 aliphatic carbocycles. The van der Waals surface area contributed by atoms with E-state index in [-0.39, 0.29) is 11.8 Å². The average Bonchev–Trinajstić information content (AvgIpc) is 2.96. The van der Waals surface area contributed by atoms with Gasteiger partial charge in [-0.15, -0.1) is 0 Å². The Morgan fingerprint density at radius 2 is 2.09 bits per heavy atom. The van der Waals surface area contributed by atoms with E-state index in [2.05, 4.69) is 34.3 Å². The number of halogens is 1. The van der Waals surface area contributed by atoms with E-state index in [1.807, 2.05) is 18.2 Å². The summed E-state index contributed by atoms with van der Waals surface area (Å²) in [7, 11) is 0. The number of benzene rings is 1. The van der Waals surface area contributed by atoms with Crippen LogP contribution in [0.25, 0.3) is 10.9 Å². The van der Waals surface area contributed by atoms with Crippen molar-refractivity contribution in [1.82, 2.24) is 15.3 Å². The van der Waals surface area contributed by atoms with Crippen LogP contribution >= 0.6 is 11.6 Å². The molecule has 3 rings (SSSR count). The van der Waals surface area contributed by atoms with E-state index in [1.54, 1.807) is 18.3 Å². The number of H-pyrrole nitrogens is 1. The second-order valence-corrected chi connectivity index (χ2v) is 5.69. The Morgan fingerprint density at radius 1 is 1.32 bits per heavy atom. The molecule has 112 valence electrons. The molecule has 0 bridgehead atoms. The fraction of sp³-hybridized carbons (Fsp3) is 0.176. The lowest BCUT2D eigenvalue weighted by atomic mass is 10.0. The maximum atomic E-state index is 12.2. The number of rotatable bonds is 4. The molecule has 2 N–H and O–H groups in total. The predicted octanol–water partition coefficient (Wildman–Crippen LogP) is 3.75. The van der Waals surface area contributed by atoms with Gasteiger partial charge in [-0.3, -0.25) is 4.79 Å². The van der Waals surface area contributed by atoms with Gasteiger partial charge in [0.25, 0.3) is 5.91 Å². The fourth-order valence-electron chi connectivity index (χ4n) is 2.37. The highest BCUT2D eigenvalue weighted by atomic mass is 35.5. The van der Waals surface area contributed by atoms with Crippen LogP contribution in [0.4, 0.5) is 0 Å². The number of hydrogen-bond acceptors (Lipinski definition) is 2. The number of aromatic nitrogens is 2. The molecular formula is C17H16ClN3O. The first kappa shape index (κ1) is 14.6. The number of hydrogen-bond donors (Lipinski definition) is 2. The summed E-state index contributed by atoms with van der Waals surface area (Å²) in [4.78, 5) is 19.3. The fourth-order valence-corrected chi connectivity index (χ4v) is 2.53. The summed E-state index contributed by atoms with van der Waals surface area (Å²) in [5.41, 5.74) is 2.51. The van der Waals surface area contributed by atoms with Gasteiger partial charge < -0.3 is 10.3 Å². The van der Waals surface area contributed by atoms with Crippen LogP contribution in [0, 0.1) is 0 Å². The van der Waals surface area contributed by atoms with E-state index >= 15 is 0 Å². The second-order valence-electron chi connectivity index (χ2n) is 5.30. The molecule has 1 amide bonds. The number of aromatic amines is 1. The second kappa shape index (κ2) is 6.20. The van der Waals surface area contributed by atoms with Crippen LogP contribution in [-0.4, -0.2) is 22.4 Å². The molecule has 5 heteroatoms. The zero-order valence-corrected chi connectivity index (χ0v) is 12.9. The zero-order chi connectivity index (χ0) is 15.5. The molecule has 22 heavy (non-hydrogen) atoms. The number of carbonyl (C=O) groups excluding carboxylic acids is 1. The lowest BCUT2D eigenvalue weighted by Crippen LogP contribution is -2.27. The van der Waals surface area contributed by atoms with Gasteiger partial charge in [0.15, 0.2) is 0 Å². The molecule has 1 unspecified atom stereocenters. The smallest absolute Gasteiger partial charge is 0.267 e. The van der Waals surface area contributed by atoms with Crippen LogP contribution in [0.1, 0.15) is 28.9 Å². The van der Waals surface area contributed by atoms with Crippen molar-refractivity contribution >= 4 is 28.4 Å². The number of pyridine rings is 1. The van der Waals surface area contributed by atoms with E-state index in [1.165, 1.54) is 5.56 Å². The minimum absolute atomic E-state index is 0.130. The van der Waals surface area contributed by atoms with Crippen LogP contribution < -0.4 is 5.32 Å². The monoisotopic (exact) mass is 313 g/mol. The van der Waals surface area contributed by atoms with Gasteiger partial charge >= 0.3 is 0 Å². The SMILES string of the molecule is CC(CNC(=O)c1cc2cc(Cl)ncc2[nH]1)c1ccccc1. The van der Waals surface area contributed by atoms with Crippen molar-refractivity contribution in [3.05, 3.63) is 65.1 Å². The largest absolute Gasteiger partial charge is 0.350 e. The molecule has 2 heterocycles. The third-order valence-electron chi connectivity index (χ3n) is 3.65. The van der Waals surface area contributed by atoms with Gasteiger partial charge in [-0.05, 0) is 23.6 Å². The molecular weight excluding hydrogens is 298 g/mol. The van der Waals surface area contributed by atoms with Crippen molar-refractivity contribution in [2.24, 2.45) is 0 Å². The van der Waals surface area contributed by atoms with Gasteiger partial charge in [-0.1, -0.05) is 48.9 Å². The van der Waals surface area contributed by atoms with Crippen molar-refractivity contribution < 1.29 is 4.79 Å². The van der Waals surface area contributed by atoms with Crippen molar-refractivity contribution in [3.63, 3.8) is 0 Å². The molecule has 0 spiro atoms. The van der Waals surface area contributed by atoms with Crippen molar-refractivity contribution in [2.75, 3.05) is 6.54 Å². The van der Waals surface area contributed by atoms with Crippen LogP contribution in [-0.2, 0) is 0 Å². The maximum absolute atomic E-state index is 12.2. The molecule has 0 saturated heterocycles. The van der Waals surface area contributed by atoms with E-state index in [0.717, 1.165) is 10.9 Å². The Labute approximate surface area is 133 Å². The summed E-state index contributed by atoms with van der Waals surface area (Å²) in [6, 6.07) is 13.6. The summed E-state index contributed by atoms with van der Waals surface area (Å²) < 4.78 is 0. The minimum Gasteiger partial charge on any atom is -0.350 e. The standard InChI is InChI=1S/C17H16ClN3O/c1-11(12-5-3-2-4-6-12)9-20-17(22)14-7-13-8-16(18)19-10-15(13)21-14/h2-8,10-11,21H,9H2,1H3,(H,20,22). The van der Waals surface area contributed by atoms with Crippen molar-refractivity contribution in [1.29, 1.82) is 0 Å². The molecule has 0 aliphatic rings. The van der Waals surface area contributed by atoms with E-state index < -0.39 is 0 Å². The van der Waals surface area contributed by atoms with Crippen LogP contribution in [0.3, 0.4) is 0 Å². The number of nitrogens with one attached hydrogen (secondary N) is 2. The van der Waals surface area contributed by atoms with Gasteiger partial charge in [0, 0.05) is 11.9 Å². The van der Waals surface area contributed by atoms with Gasteiger partial charge in [0.2, 0.25) is 0 Å². The van der Waals surface area contributed by atoms with Crippen LogP contribution in [0.5, 0.6) is 0 Å². The highest BCUT2D eigenvalue weighted by molar-refractivity contribution is 6.30. The minimum atomic E-state index is -0.130. The predicted molar refractivity (Wildman–Crippen MR) is 88.3 cm³/mol. The van der Waals surface area contributed by atoms with E-state index in [4.69, 9.17) is 11.6 Å². The first-order chi connectivity index (χ1) is 10.6. The van der Waals surface area contributed by atoms with Gasteiger partial charge in [0.05, 0.1) is 11.7 Å². The molecule has 0 fully saturated rings. The van der Waals surface area contributed by atoms with Gasteiger partial charge in [-0.25, -0.2) is 4.98 Å². The summed E-state index contributed by atoms with van der Waals surface area (Å²) in [5, 5.41) is 4.24. The quantitative estimate of drug-likeness (QED) is 0.721. The molecule has 4 nitrogen and oxygen atoms in total. The Bertz CT molecular complexity index is 798. The first-order valence-corrected chi connectivity index (χ1v) is 7.48. The summed E-state index contributed by atoms with van der Waals surface area (Å²) in [6.45, 7) is 2.67. The molecule has 0 radical (unpaired) electrons. The highest BCUT2D eigenvalue weighted by Crippen LogP contribution is 2.18. The number of fused-ring (bicyclic) bond motifs is 1. The third kappa shape index (κ3) is 3.12. The summed E-state index contributed by atoms with van der Waals surface area (Å²) in [5.74, 6) is 0.126. The summed E-state index contributed by atoms with van der Waals surface area (Å²) in [6.07, 6.45) is 1.63. The summed E-state index contributed by atoms with van der Waals surface area (Å²) >= 11 is 5.85. The molecule has 1 aromatic carbocycles. The van der Waals surface area contributed by atoms with E-state index in [0.29, 0.717) is 17.4 Å². The van der Waals surface area contributed by atoms with Crippen molar-refractivity contribution in [3.8, 4) is 0 Å². The lowest BCUT2D eigenvalue weighted by Gasteiger charge is -2.12. The van der Waals surface area contributed by atoms with Crippen molar-refractivity contribution in [2.45, 2.75) is 12.8 Å². The Kier molecular flexibility index (Phi) is 4.11. The van der Waals surface area contributed by atoms with E-state index in [9.17, 15) is 4.79 Å². The topological polar surface area (TPSA) is 57.8 Å². The van der Waals surface area contributed by atoms with Crippen LogP contribution in [0.15, 0.2) is 48.7 Å². The number of nitrogens with zero attached hydrogens (tertiary/aromatic N) is 1. The number of amides is 1. The normalized spacial score (nSPS) is 12.3. The van der Waals surface area contributed by atoms with Crippen LogP contribution in [0.2, 0.25) is 5.15 Å². The average molecular weight is 314 g/mol. The Morgan fingerprint density at radius 3 is 2.86 bits per heavy atom.